The summed E-state index contributed by atoms with van der Waals surface area (Å²) in [6, 6.07) is 20.7. The first-order chi connectivity index (χ1) is 18.8. The lowest BCUT2D eigenvalue weighted by atomic mass is 9.83. The van der Waals surface area contributed by atoms with Crippen LogP contribution in [-0.2, 0) is 17.8 Å². The molecule has 3 nitrogen and oxygen atoms in total. The number of thiophene rings is 1. The average Bonchev–Trinajstić information content (AvgIpc) is 3.29. The van der Waals surface area contributed by atoms with Crippen LogP contribution in [0.3, 0.4) is 0 Å². The van der Waals surface area contributed by atoms with Crippen molar-refractivity contribution in [2.75, 3.05) is 0 Å². The summed E-state index contributed by atoms with van der Waals surface area (Å²) in [6.45, 7) is 3.99. The fourth-order valence-corrected chi connectivity index (χ4v) is 7.14. The van der Waals surface area contributed by atoms with Crippen LogP contribution in [-0.4, -0.2) is 22.6 Å². The molecule has 0 N–H and O–H groups in total. The quantitative estimate of drug-likeness (QED) is 0.215. The Balaban J connectivity index is 1.47. The minimum Gasteiger partial charge on any atom is -0.330 e. The molecule has 1 amide bonds. The molecule has 5 rings (SSSR count). The smallest absolute Gasteiger partial charge is 0.266 e. The highest BCUT2D eigenvalue weighted by Crippen LogP contribution is 2.38. The summed E-state index contributed by atoms with van der Waals surface area (Å²) in [4.78, 5) is 27.9. The maximum atomic E-state index is 15.3. The fourth-order valence-electron chi connectivity index (χ4n) is 5.68. The normalized spacial score (nSPS) is 17.3. The third-order valence-electron chi connectivity index (χ3n) is 7.95. The van der Waals surface area contributed by atoms with Crippen LogP contribution in [0.1, 0.15) is 66.8 Å². The topological polar surface area (TPSA) is 37.4 Å². The van der Waals surface area contributed by atoms with Crippen LogP contribution in [0, 0.1) is 11.7 Å². The van der Waals surface area contributed by atoms with Crippen molar-refractivity contribution in [1.29, 1.82) is 0 Å². The molecule has 39 heavy (non-hydrogen) atoms. The van der Waals surface area contributed by atoms with Gasteiger partial charge in [-0.1, -0.05) is 73.5 Å². The Hall–Kier alpha value is -3.02. The summed E-state index contributed by atoms with van der Waals surface area (Å²) in [5, 5.41) is 1.36. The molecule has 1 aliphatic rings. The lowest BCUT2D eigenvalue weighted by Crippen LogP contribution is -2.42. The van der Waals surface area contributed by atoms with Crippen LogP contribution in [0.4, 0.5) is 4.39 Å². The van der Waals surface area contributed by atoms with Crippen molar-refractivity contribution in [2.45, 2.75) is 65.0 Å². The molecule has 3 aromatic carbocycles. The molecule has 4 aromatic rings. The Bertz CT molecular complexity index is 1490. The molecule has 1 aliphatic carbocycles. The summed E-state index contributed by atoms with van der Waals surface area (Å²) in [7, 11) is 0. The van der Waals surface area contributed by atoms with Crippen LogP contribution in [0.15, 0.2) is 66.7 Å². The minimum atomic E-state index is -0.325. The highest BCUT2D eigenvalue weighted by atomic mass is 35.5. The van der Waals surface area contributed by atoms with Gasteiger partial charge in [-0.3, -0.25) is 9.59 Å². The summed E-state index contributed by atoms with van der Waals surface area (Å²) >= 11 is 8.14. The highest BCUT2D eigenvalue weighted by molar-refractivity contribution is 7.21. The second kappa shape index (κ2) is 12.0. The van der Waals surface area contributed by atoms with Gasteiger partial charge in [0.15, 0.2) is 0 Å². The van der Waals surface area contributed by atoms with Crippen molar-refractivity contribution in [1.82, 2.24) is 4.90 Å². The zero-order valence-electron chi connectivity index (χ0n) is 22.4. The molecule has 0 radical (unpaired) electrons. The Morgan fingerprint density at radius 2 is 1.67 bits per heavy atom. The van der Waals surface area contributed by atoms with E-state index in [9.17, 15) is 9.59 Å². The first kappa shape index (κ1) is 27.5. The number of hydrogen-bond donors (Lipinski definition) is 0. The van der Waals surface area contributed by atoms with Gasteiger partial charge in [0, 0.05) is 34.7 Å². The summed E-state index contributed by atoms with van der Waals surface area (Å²) in [5.41, 5.74) is 3.26. The standard InChI is InChI=1S/C33H33ClFNO2S/c1-3-22-10-15-27(16-11-22)36(33(38)32-31(34)28-6-4-5-7-30(28)39-32)20-26-19-25(14-17-29(26)35)24-12-8-23(9-13-24)18-21(2)37/h4-9,12-14,17,19,22,27H,3,10-11,15-16,18,20H2,1-2H3. The van der Waals surface area contributed by atoms with Gasteiger partial charge in [0.1, 0.15) is 16.5 Å². The predicted octanol–water partition coefficient (Wildman–Crippen LogP) is 9.10. The van der Waals surface area contributed by atoms with E-state index < -0.39 is 0 Å². The van der Waals surface area contributed by atoms with E-state index in [4.69, 9.17) is 11.6 Å². The third-order valence-corrected chi connectivity index (χ3v) is 9.61. The van der Waals surface area contributed by atoms with E-state index in [1.165, 1.54) is 17.4 Å². The van der Waals surface area contributed by atoms with Gasteiger partial charge in [-0.05, 0) is 73.4 Å². The third kappa shape index (κ3) is 6.10. The van der Waals surface area contributed by atoms with Gasteiger partial charge >= 0.3 is 0 Å². The highest BCUT2D eigenvalue weighted by Gasteiger charge is 2.32. The number of benzene rings is 3. The number of carbonyl (C=O) groups is 2. The number of nitrogens with zero attached hydrogens (tertiary/aromatic N) is 1. The molecule has 0 bridgehead atoms. The number of ketones is 1. The van der Waals surface area contributed by atoms with Crippen molar-refractivity contribution in [3.63, 3.8) is 0 Å². The minimum absolute atomic E-state index is 0.0375. The molecule has 1 saturated carbocycles. The lowest BCUT2D eigenvalue weighted by molar-refractivity contribution is -0.116. The number of hydrogen-bond acceptors (Lipinski definition) is 3. The zero-order valence-corrected chi connectivity index (χ0v) is 24.0. The molecule has 0 saturated heterocycles. The van der Waals surface area contributed by atoms with E-state index in [0.29, 0.717) is 27.8 Å². The fraction of sp³-hybridized carbons (Fsp3) is 0.333. The lowest BCUT2D eigenvalue weighted by Gasteiger charge is -2.37. The van der Waals surface area contributed by atoms with E-state index in [0.717, 1.165) is 58.9 Å². The van der Waals surface area contributed by atoms with Gasteiger partial charge in [-0.2, -0.15) is 0 Å². The largest absolute Gasteiger partial charge is 0.330 e. The van der Waals surface area contributed by atoms with Crippen LogP contribution in [0.5, 0.6) is 0 Å². The molecule has 1 aromatic heterocycles. The summed E-state index contributed by atoms with van der Waals surface area (Å²) in [5.74, 6) is 0.342. The Morgan fingerprint density at radius 1 is 0.974 bits per heavy atom. The second-order valence-electron chi connectivity index (χ2n) is 10.6. The SMILES string of the molecule is CCC1CCC(N(Cc2cc(-c3ccc(CC(C)=O)cc3)ccc2F)C(=O)c2sc3ccccc3c2Cl)CC1. The van der Waals surface area contributed by atoms with E-state index in [-0.39, 0.29) is 30.1 Å². The van der Waals surface area contributed by atoms with Gasteiger partial charge in [-0.25, -0.2) is 4.39 Å². The first-order valence-corrected chi connectivity index (χ1v) is 14.9. The van der Waals surface area contributed by atoms with Crippen molar-refractivity contribution in [3.05, 3.63) is 93.6 Å². The number of rotatable bonds is 8. The van der Waals surface area contributed by atoms with Crippen LogP contribution in [0.25, 0.3) is 21.2 Å². The average molecular weight is 562 g/mol. The number of Topliss-reactive ketones (excluding diaryl/α,β-unsaturated/α-hetero) is 1. The molecule has 1 heterocycles. The van der Waals surface area contributed by atoms with Crippen LogP contribution in [0.2, 0.25) is 5.02 Å². The van der Waals surface area contributed by atoms with E-state index in [2.05, 4.69) is 6.92 Å². The van der Waals surface area contributed by atoms with Gasteiger partial charge in [0.2, 0.25) is 0 Å². The maximum Gasteiger partial charge on any atom is 0.266 e. The van der Waals surface area contributed by atoms with Crippen molar-refractivity contribution < 1.29 is 14.0 Å². The first-order valence-electron chi connectivity index (χ1n) is 13.7. The van der Waals surface area contributed by atoms with Gasteiger partial charge in [-0.15, -0.1) is 11.3 Å². The Morgan fingerprint density at radius 3 is 2.33 bits per heavy atom. The van der Waals surface area contributed by atoms with Crippen LogP contribution >= 0.6 is 22.9 Å². The predicted molar refractivity (Wildman–Crippen MR) is 159 cm³/mol. The van der Waals surface area contributed by atoms with E-state index in [1.54, 1.807) is 13.0 Å². The molecule has 0 atom stereocenters. The number of fused-ring (bicyclic) bond motifs is 1. The van der Waals surface area contributed by atoms with Crippen molar-refractivity contribution in [3.8, 4) is 11.1 Å². The maximum absolute atomic E-state index is 15.3. The molecular formula is C33H33ClFNO2S. The van der Waals surface area contributed by atoms with Gasteiger partial charge in [0.25, 0.3) is 5.91 Å². The molecule has 202 valence electrons. The van der Waals surface area contributed by atoms with E-state index in [1.807, 2.05) is 59.5 Å². The molecule has 0 unspecified atom stereocenters. The van der Waals surface area contributed by atoms with E-state index >= 15 is 4.39 Å². The van der Waals surface area contributed by atoms with Crippen molar-refractivity contribution in [2.24, 2.45) is 5.92 Å². The zero-order chi connectivity index (χ0) is 27.5. The number of carbonyl (C=O) groups excluding carboxylic acids is 2. The Labute approximate surface area is 238 Å². The number of halogens is 2. The summed E-state index contributed by atoms with van der Waals surface area (Å²) < 4.78 is 16.2. The molecular weight excluding hydrogens is 529 g/mol. The van der Waals surface area contributed by atoms with Gasteiger partial charge in [0.05, 0.1) is 5.02 Å². The van der Waals surface area contributed by atoms with Crippen molar-refractivity contribution >= 4 is 44.7 Å². The monoisotopic (exact) mass is 561 g/mol. The van der Waals surface area contributed by atoms with Gasteiger partial charge < -0.3 is 4.90 Å². The molecule has 1 fully saturated rings. The molecule has 6 heteroatoms. The number of amides is 1. The molecule has 0 spiro atoms. The summed E-state index contributed by atoms with van der Waals surface area (Å²) in [6.07, 6.45) is 5.50. The second-order valence-corrected chi connectivity index (χ2v) is 12.1. The van der Waals surface area contributed by atoms with Crippen LogP contribution < -0.4 is 0 Å². The molecule has 0 aliphatic heterocycles. The Kier molecular flexibility index (Phi) is 8.49.